The lowest BCUT2D eigenvalue weighted by molar-refractivity contribution is -0.138. The Morgan fingerprint density at radius 3 is 2.57 bits per heavy atom. The van der Waals surface area contributed by atoms with E-state index < -0.39 is 11.9 Å². The molecule has 0 fully saturated rings. The summed E-state index contributed by atoms with van der Waals surface area (Å²) < 4.78 is 19.6. The maximum atomic E-state index is 11.9. The molecule has 0 aliphatic heterocycles. The van der Waals surface area contributed by atoms with Crippen molar-refractivity contribution < 1.29 is 28.5 Å². The minimum absolute atomic E-state index is 0.0928. The summed E-state index contributed by atoms with van der Waals surface area (Å²) in [7, 11) is 2.55. The van der Waals surface area contributed by atoms with E-state index in [2.05, 4.69) is 4.74 Å². The van der Waals surface area contributed by atoms with Crippen molar-refractivity contribution in [2.75, 3.05) is 20.8 Å². The Hall–Kier alpha value is -2.21. The molecule has 1 aromatic rings. The standard InChI is InChI=1S/C14H15ClO6/c1-4-20-13(16)10-7-9(15)5-6-11(10)21-12(8-18-2)14(17)19-3/h5-8H,4H2,1-3H3/b12-8+. The van der Waals surface area contributed by atoms with Crippen molar-refractivity contribution in [1.82, 2.24) is 0 Å². The van der Waals surface area contributed by atoms with E-state index in [-0.39, 0.29) is 23.7 Å². The summed E-state index contributed by atoms with van der Waals surface area (Å²) in [5, 5.41) is 0.334. The largest absolute Gasteiger partial charge is 0.500 e. The Morgan fingerprint density at radius 1 is 1.29 bits per heavy atom. The third-order valence-electron chi connectivity index (χ3n) is 2.27. The van der Waals surface area contributed by atoms with Gasteiger partial charge in [-0.1, -0.05) is 11.6 Å². The highest BCUT2D eigenvalue weighted by atomic mass is 35.5. The van der Waals surface area contributed by atoms with E-state index in [0.717, 1.165) is 6.26 Å². The van der Waals surface area contributed by atoms with Gasteiger partial charge < -0.3 is 18.9 Å². The molecule has 114 valence electrons. The molecule has 0 unspecified atom stereocenters. The second kappa shape index (κ2) is 8.16. The lowest BCUT2D eigenvalue weighted by Crippen LogP contribution is -2.14. The van der Waals surface area contributed by atoms with Crippen molar-refractivity contribution in [2.45, 2.75) is 6.92 Å². The van der Waals surface area contributed by atoms with Gasteiger partial charge in [0.2, 0.25) is 5.76 Å². The molecule has 0 atom stereocenters. The molecule has 0 heterocycles. The topological polar surface area (TPSA) is 71.1 Å². The maximum absolute atomic E-state index is 11.9. The van der Waals surface area contributed by atoms with Crippen molar-refractivity contribution in [3.8, 4) is 5.75 Å². The second-order valence-electron chi connectivity index (χ2n) is 3.67. The summed E-state index contributed by atoms with van der Waals surface area (Å²) in [5.74, 6) is -1.47. The maximum Gasteiger partial charge on any atom is 0.377 e. The van der Waals surface area contributed by atoms with Crippen molar-refractivity contribution in [3.63, 3.8) is 0 Å². The fourth-order valence-corrected chi connectivity index (χ4v) is 1.57. The zero-order chi connectivity index (χ0) is 15.8. The predicted molar refractivity (Wildman–Crippen MR) is 75.1 cm³/mol. The fraction of sp³-hybridized carbons (Fsp3) is 0.286. The normalized spacial score (nSPS) is 10.8. The highest BCUT2D eigenvalue weighted by Crippen LogP contribution is 2.25. The highest BCUT2D eigenvalue weighted by Gasteiger charge is 2.19. The number of carbonyl (C=O) groups excluding carboxylic acids is 2. The Balaban J connectivity index is 3.14. The number of rotatable bonds is 6. The van der Waals surface area contributed by atoms with Crippen LogP contribution in [0.1, 0.15) is 17.3 Å². The minimum Gasteiger partial charge on any atom is -0.500 e. The lowest BCUT2D eigenvalue weighted by atomic mass is 10.2. The van der Waals surface area contributed by atoms with Crippen molar-refractivity contribution >= 4 is 23.5 Å². The molecule has 0 spiro atoms. The quantitative estimate of drug-likeness (QED) is 0.456. The fourth-order valence-electron chi connectivity index (χ4n) is 1.40. The molecule has 7 heteroatoms. The average molecular weight is 315 g/mol. The molecule has 0 saturated heterocycles. The third kappa shape index (κ3) is 4.68. The number of hydrogen-bond acceptors (Lipinski definition) is 6. The van der Waals surface area contributed by atoms with Gasteiger partial charge >= 0.3 is 11.9 Å². The molecule has 1 aromatic carbocycles. The molecule has 0 amide bonds. The minimum atomic E-state index is -0.749. The van der Waals surface area contributed by atoms with E-state index in [0.29, 0.717) is 5.02 Å². The van der Waals surface area contributed by atoms with Gasteiger partial charge in [-0.15, -0.1) is 0 Å². The van der Waals surface area contributed by atoms with Crippen molar-refractivity contribution in [2.24, 2.45) is 0 Å². The zero-order valence-electron chi connectivity index (χ0n) is 11.8. The molecule has 0 aliphatic carbocycles. The van der Waals surface area contributed by atoms with Crippen molar-refractivity contribution in [3.05, 3.63) is 40.8 Å². The lowest BCUT2D eigenvalue weighted by Gasteiger charge is -2.12. The van der Waals surface area contributed by atoms with Gasteiger partial charge in [-0.3, -0.25) is 0 Å². The molecular weight excluding hydrogens is 300 g/mol. The van der Waals surface area contributed by atoms with Crippen LogP contribution in [0.25, 0.3) is 0 Å². The first-order valence-corrected chi connectivity index (χ1v) is 6.37. The predicted octanol–water partition coefficient (Wildman–Crippen LogP) is 2.56. The van der Waals surface area contributed by atoms with Crippen LogP contribution in [-0.2, 0) is 19.0 Å². The smallest absolute Gasteiger partial charge is 0.377 e. The first kappa shape index (κ1) is 16.8. The van der Waals surface area contributed by atoms with Crippen LogP contribution in [0.4, 0.5) is 0 Å². The Labute approximate surface area is 127 Å². The molecule has 0 radical (unpaired) electrons. The molecule has 0 aromatic heterocycles. The molecule has 0 N–H and O–H groups in total. The molecule has 6 nitrogen and oxygen atoms in total. The Bertz CT molecular complexity index is 552. The van der Waals surface area contributed by atoms with Crippen molar-refractivity contribution in [1.29, 1.82) is 0 Å². The summed E-state index contributed by atoms with van der Waals surface area (Å²) in [5.41, 5.74) is 0.0928. The molecule has 0 bridgehead atoms. The van der Waals surface area contributed by atoms with Gasteiger partial charge in [-0.25, -0.2) is 9.59 Å². The van der Waals surface area contributed by atoms with Crippen LogP contribution < -0.4 is 4.74 Å². The third-order valence-corrected chi connectivity index (χ3v) is 2.50. The zero-order valence-corrected chi connectivity index (χ0v) is 12.6. The summed E-state index contributed by atoms with van der Waals surface area (Å²) in [4.78, 5) is 23.4. The first-order chi connectivity index (χ1) is 10.0. The molecule has 1 rings (SSSR count). The van der Waals surface area contributed by atoms with Crippen LogP contribution in [0.15, 0.2) is 30.2 Å². The van der Waals surface area contributed by atoms with Gasteiger partial charge in [-0.2, -0.15) is 0 Å². The monoisotopic (exact) mass is 314 g/mol. The van der Waals surface area contributed by atoms with Crippen LogP contribution in [0.5, 0.6) is 5.75 Å². The van der Waals surface area contributed by atoms with E-state index in [1.807, 2.05) is 0 Å². The number of esters is 2. The van der Waals surface area contributed by atoms with Crippen LogP contribution in [0.2, 0.25) is 5.02 Å². The van der Waals surface area contributed by atoms with Gasteiger partial charge in [0.15, 0.2) is 0 Å². The van der Waals surface area contributed by atoms with Gasteiger partial charge in [0.1, 0.15) is 17.6 Å². The SMILES string of the molecule is CCOC(=O)c1cc(Cl)ccc1O/C(=C/OC)C(=O)OC. The van der Waals surface area contributed by atoms with Gasteiger partial charge in [0, 0.05) is 5.02 Å². The molecule has 0 saturated carbocycles. The number of ether oxygens (including phenoxy) is 4. The number of methoxy groups -OCH3 is 2. The second-order valence-corrected chi connectivity index (χ2v) is 4.11. The summed E-state index contributed by atoms with van der Waals surface area (Å²) in [6.45, 7) is 1.87. The molecule has 0 aliphatic rings. The van der Waals surface area contributed by atoms with Crippen LogP contribution >= 0.6 is 11.6 Å². The summed E-state index contributed by atoms with van der Waals surface area (Å²) in [6, 6.07) is 4.35. The number of carbonyl (C=O) groups is 2. The summed E-state index contributed by atoms with van der Waals surface area (Å²) in [6.07, 6.45) is 1.06. The Kier molecular flexibility index (Phi) is 6.55. The van der Waals surface area contributed by atoms with E-state index in [1.165, 1.54) is 32.4 Å². The average Bonchev–Trinajstić information content (AvgIpc) is 2.47. The number of hydrogen-bond donors (Lipinski definition) is 0. The molecular formula is C14H15ClO6. The summed E-state index contributed by atoms with van der Waals surface area (Å²) >= 11 is 5.85. The van der Waals surface area contributed by atoms with Gasteiger partial charge in [0.05, 0.1) is 20.8 Å². The van der Waals surface area contributed by atoms with E-state index >= 15 is 0 Å². The van der Waals surface area contributed by atoms with Crippen LogP contribution in [0.3, 0.4) is 0 Å². The number of halogens is 1. The van der Waals surface area contributed by atoms with Gasteiger partial charge in [0.25, 0.3) is 0 Å². The van der Waals surface area contributed by atoms with E-state index in [9.17, 15) is 9.59 Å². The molecule has 21 heavy (non-hydrogen) atoms. The van der Waals surface area contributed by atoms with E-state index in [1.54, 1.807) is 6.92 Å². The number of benzene rings is 1. The first-order valence-electron chi connectivity index (χ1n) is 5.99. The van der Waals surface area contributed by atoms with Crippen LogP contribution in [0, 0.1) is 0 Å². The Morgan fingerprint density at radius 2 is 2.00 bits per heavy atom. The van der Waals surface area contributed by atoms with Crippen LogP contribution in [-0.4, -0.2) is 32.8 Å². The van der Waals surface area contributed by atoms with Gasteiger partial charge in [-0.05, 0) is 25.1 Å². The van der Waals surface area contributed by atoms with E-state index in [4.69, 9.17) is 25.8 Å². The highest BCUT2D eigenvalue weighted by molar-refractivity contribution is 6.31.